The highest BCUT2D eigenvalue weighted by Crippen LogP contribution is 2.30. The average molecular weight is 338 g/mol. The molecule has 1 atom stereocenters. The quantitative estimate of drug-likeness (QED) is 0.841. The van der Waals surface area contributed by atoms with Crippen LogP contribution in [-0.4, -0.2) is 46.3 Å². The summed E-state index contributed by atoms with van der Waals surface area (Å²) in [7, 11) is 4.05. The summed E-state index contributed by atoms with van der Waals surface area (Å²) in [5.41, 5.74) is 3.25. The number of likely N-dealkylation sites (tertiary alicyclic amines) is 1. The average Bonchev–Trinajstić information content (AvgIpc) is 3.06. The van der Waals surface area contributed by atoms with Gasteiger partial charge >= 0.3 is 0 Å². The molecule has 0 spiro atoms. The number of nitrogens with zero attached hydrogens (tertiary/aromatic N) is 4. The number of carbonyl (C=O) groups is 1. The van der Waals surface area contributed by atoms with E-state index in [0.717, 1.165) is 48.6 Å². The molecule has 5 nitrogen and oxygen atoms in total. The van der Waals surface area contributed by atoms with Gasteiger partial charge in [0.1, 0.15) is 0 Å². The maximum atomic E-state index is 12.9. The Balaban J connectivity index is 1.76. The van der Waals surface area contributed by atoms with Gasteiger partial charge in [0.2, 0.25) is 5.91 Å². The van der Waals surface area contributed by atoms with E-state index < -0.39 is 0 Å². The highest BCUT2D eigenvalue weighted by Gasteiger charge is 2.32. The maximum absolute atomic E-state index is 12.9. The topological polar surface area (TPSA) is 49.3 Å². The first-order valence-electron chi connectivity index (χ1n) is 8.85. The Bertz CT molecular complexity index is 744. The summed E-state index contributed by atoms with van der Waals surface area (Å²) < 4.78 is 0. The molecule has 25 heavy (non-hydrogen) atoms. The van der Waals surface area contributed by atoms with Gasteiger partial charge in [0.15, 0.2) is 5.82 Å². The largest absolute Gasteiger partial charge is 0.332 e. The van der Waals surface area contributed by atoms with Crippen LogP contribution < -0.4 is 0 Å². The van der Waals surface area contributed by atoms with Crippen LogP contribution in [0, 0.1) is 6.92 Å². The zero-order chi connectivity index (χ0) is 17.8. The number of carbonyl (C=O) groups excluding carboxylic acids is 1. The van der Waals surface area contributed by atoms with E-state index in [9.17, 15) is 4.79 Å². The summed E-state index contributed by atoms with van der Waals surface area (Å²) in [6, 6.07) is 10.0. The number of benzene rings is 1. The molecular weight excluding hydrogens is 312 g/mol. The molecule has 2 aromatic rings. The molecule has 0 aliphatic carbocycles. The number of hydrogen-bond acceptors (Lipinski definition) is 4. The Kier molecular flexibility index (Phi) is 5.43. The van der Waals surface area contributed by atoms with E-state index >= 15 is 0 Å². The van der Waals surface area contributed by atoms with Crippen LogP contribution in [0.1, 0.15) is 41.5 Å². The van der Waals surface area contributed by atoms with E-state index in [1.807, 2.05) is 49.5 Å². The number of rotatable bonds is 5. The lowest BCUT2D eigenvalue weighted by Gasteiger charge is -2.24. The van der Waals surface area contributed by atoms with E-state index in [-0.39, 0.29) is 11.9 Å². The van der Waals surface area contributed by atoms with Crippen molar-refractivity contribution in [3.8, 4) is 0 Å². The Hall–Kier alpha value is -2.27. The smallest absolute Gasteiger partial charge is 0.227 e. The summed E-state index contributed by atoms with van der Waals surface area (Å²) in [4.78, 5) is 26.1. The number of hydrogen-bond donors (Lipinski definition) is 0. The summed E-state index contributed by atoms with van der Waals surface area (Å²) in [5, 5.41) is 0. The standard InChI is InChI=1S/C20H26N4O/c1-15-7-4-5-8-16(15)13-19(25)24-12-6-9-18(24)20-21-11-10-17(22-20)14-23(2)3/h4-5,7-8,10-11,18H,6,9,12-14H2,1-3H3. The molecule has 2 heterocycles. The Morgan fingerprint density at radius 3 is 2.84 bits per heavy atom. The third-order valence-corrected chi connectivity index (χ3v) is 4.68. The zero-order valence-corrected chi connectivity index (χ0v) is 15.3. The molecule has 3 rings (SSSR count). The van der Waals surface area contributed by atoms with Gasteiger partial charge in [-0.3, -0.25) is 4.79 Å². The van der Waals surface area contributed by atoms with Crippen molar-refractivity contribution >= 4 is 5.91 Å². The highest BCUT2D eigenvalue weighted by atomic mass is 16.2. The molecule has 0 bridgehead atoms. The molecule has 1 aliphatic rings. The lowest BCUT2D eigenvalue weighted by atomic mass is 10.0. The van der Waals surface area contributed by atoms with E-state index in [0.29, 0.717) is 6.42 Å². The highest BCUT2D eigenvalue weighted by molar-refractivity contribution is 5.79. The van der Waals surface area contributed by atoms with Gasteiger partial charge in [-0.1, -0.05) is 24.3 Å². The van der Waals surface area contributed by atoms with Gasteiger partial charge < -0.3 is 9.80 Å². The van der Waals surface area contributed by atoms with Crippen molar-refractivity contribution in [2.45, 2.75) is 38.8 Å². The van der Waals surface area contributed by atoms with Gasteiger partial charge in [0, 0.05) is 19.3 Å². The van der Waals surface area contributed by atoms with E-state index in [2.05, 4.69) is 22.9 Å². The lowest BCUT2D eigenvalue weighted by molar-refractivity contribution is -0.131. The summed E-state index contributed by atoms with van der Waals surface area (Å²) >= 11 is 0. The van der Waals surface area contributed by atoms with Crippen LogP contribution >= 0.6 is 0 Å². The van der Waals surface area contributed by atoms with E-state index in [1.54, 1.807) is 0 Å². The van der Waals surface area contributed by atoms with Crippen LogP contribution in [0.3, 0.4) is 0 Å². The molecular formula is C20H26N4O. The van der Waals surface area contributed by atoms with Crippen molar-refractivity contribution in [1.29, 1.82) is 0 Å². The Morgan fingerprint density at radius 2 is 2.08 bits per heavy atom. The van der Waals surface area contributed by atoms with Crippen molar-refractivity contribution in [3.05, 3.63) is 59.2 Å². The lowest BCUT2D eigenvalue weighted by Crippen LogP contribution is -2.33. The molecule has 5 heteroatoms. The van der Waals surface area contributed by atoms with Crippen LogP contribution in [0.4, 0.5) is 0 Å². The van der Waals surface area contributed by atoms with Gasteiger partial charge in [-0.15, -0.1) is 0 Å². The monoisotopic (exact) mass is 338 g/mol. The van der Waals surface area contributed by atoms with Gasteiger partial charge in [-0.2, -0.15) is 0 Å². The second-order valence-corrected chi connectivity index (χ2v) is 6.99. The van der Waals surface area contributed by atoms with Gasteiger partial charge in [-0.25, -0.2) is 9.97 Å². The molecule has 0 radical (unpaired) electrons. The van der Waals surface area contributed by atoms with Gasteiger partial charge in [0.25, 0.3) is 0 Å². The molecule has 1 amide bonds. The fraction of sp³-hybridized carbons (Fsp3) is 0.450. The van der Waals surface area contributed by atoms with Crippen molar-refractivity contribution in [1.82, 2.24) is 19.8 Å². The molecule has 1 saturated heterocycles. The predicted molar refractivity (Wildman–Crippen MR) is 98.0 cm³/mol. The van der Waals surface area contributed by atoms with Crippen LogP contribution in [0.5, 0.6) is 0 Å². The molecule has 0 saturated carbocycles. The van der Waals surface area contributed by atoms with Crippen LogP contribution in [-0.2, 0) is 17.8 Å². The number of aryl methyl sites for hydroxylation is 1. The maximum Gasteiger partial charge on any atom is 0.227 e. The number of amides is 1. The van der Waals surface area contributed by atoms with E-state index in [1.165, 1.54) is 0 Å². The summed E-state index contributed by atoms with van der Waals surface area (Å²) in [6.45, 7) is 3.62. The first kappa shape index (κ1) is 17.5. The van der Waals surface area contributed by atoms with Crippen LogP contribution in [0.2, 0.25) is 0 Å². The summed E-state index contributed by atoms with van der Waals surface area (Å²) in [6.07, 6.45) is 4.19. The molecule has 1 aromatic heterocycles. The second-order valence-electron chi connectivity index (χ2n) is 6.99. The SMILES string of the molecule is Cc1ccccc1CC(=O)N1CCCC1c1nccc(CN(C)C)n1. The molecule has 1 aromatic carbocycles. The van der Waals surface area contributed by atoms with Crippen molar-refractivity contribution in [2.24, 2.45) is 0 Å². The molecule has 132 valence electrons. The first-order chi connectivity index (χ1) is 12.0. The first-order valence-corrected chi connectivity index (χ1v) is 8.85. The Morgan fingerprint density at radius 1 is 1.28 bits per heavy atom. The molecule has 1 fully saturated rings. The minimum absolute atomic E-state index is 0.00127. The fourth-order valence-electron chi connectivity index (χ4n) is 3.39. The zero-order valence-electron chi connectivity index (χ0n) is 15.3. The third-order valence-electron chi connectivity index (χ3n) is 4.68. The van der Waals surface area contributed by atoms with Crippen LogP contribution in [0.15, 0.2) is 36.5 Å². The third kappa shape index (κ3) is 4.23. The Labute approximate surface area is 149 Å². The second kappa shape index (κ2) is 7.74. The van der Waals surface area contributed by atoms with Crippen molar-refractivity contribution < 1.29 is 4.79 Å². The molecule has 0 N–H and O–H groups in total. The van der Waals surface area contributed by atoms with Crippen molar-refractivity contribution in [2.75, 3.05) is 20.6 Å². The fourth-order valence-corrected chi connectivity index (χ4v) is 3.39. The number of aromatic nitrogens is 2. The van der Waals surface area contributed by atoms with Gasteiger partial charge in [-0.05, 0) is 51.1 Å². The van der Waals surface area contributed by atoms with Gasteiger partial charge in [0.05, 0.1) is 18.2 Å². The predicted octanol–water partition coefficient (Wildman–Crippen LogP) is 2.75. The summed E-state index contributed by atoms with van der Waals surface area (Å²) in [5.74, 6) is 0.938. The minimum Gasteiger partial charge on any atom is -0.332 e. The van der Waals surface area contributed by atoms with Crippen LogP contribution in [0.25, 0.3) is 0 Å². The van der Waals surface area contributed by atoms with Crippen molar-refractivity contribution in [3.63, 3.8) is 0 Å². The normalized spacial score (nSPS) is 17.3. The molecule has 1 unspecified atom stereocenters. The van der Waals surface area contributed by atoms with E-state index in [4.69, 9.17) is 4.98 Å². The molecule has 1 aliphatic heterocycles. The minimum atomic E-state index is -0.00127.